The number of rotatable bonds is 6. The van der Waals surface area contributed by atoms with E-state index in [1.165, 1.54) is 0 Å². The van der Waals surface area contributed by atoms with E-state index in [0.29, 0.717) is 6.61 Å². The lowest BCUT2D eigenvalue weighted by Crippen LogP contribution is -2.47. The molecule has 20 heavy (non-hydrogen) atoms. The van der Waals surface area contributed by atoms with Crippen molar-refractivity contribution in [3.63, 3.8) is 0 Å². The summed E-state index contributed by atoms with van der Waals surface area (Å²) in [5.41, 5.74) is -0.289. The summed E-state index contributed by atoms with van der Waals surface area (Å²) >= 11 is 0. The lowest BCUT2D eigenvalue weighted by atomic mass is 9.74. The van der Waals surface area contributed by atoms with E-state index in [0.717, 1.165) is 32.2 Å². The number of amides is 1. The monoisotopic (exact) mass is 297 g/mol. The van der Waals surface area contributed by atoms with Crippen molar-refractivity contribution in [2.75, 3.05) is 13.2 Å². The Labute approximate surface area is 125 Å². The van der Waals surface area contributed by atoms with Crippen LogP contribution in [0.3, 0.4) is 0 Å². The van der Waals surface area contributed by atoms with Gasteiger partial charge in [0.25, 0.3) is 0 Å². The third-order valence-electron chi connectivity index (χ3n) is 4.98. The van der Waals surface area contributed by atoms with Crippen LogP contribution >= 0.6 is 0 Å². The van der Waals surface area contributed by atoms with Crippen molar-refractivity contribution >= 4 is 14.2 Å². The second-order valence-electron chi connectivity index (χ2n) is 7.49. The molecule has 1 N–H and O–H groups in total. The molecule has 0 aromatic rings. The van der Waals surface area contributed by atoms with Crippen molar-refractivity contribution in [1.82, 2.24) is 5.32 Å². The molecule has 0 aliphatic carbocycles. The predicted octanol–water partition coefficient (Wildman–Crippen LogP) is 3.87. The molecule has 1 atom stereocenters. The molecule has 0 spiro atoms. The number of nitrogens with one attached hydrogen (secondary N) is 1. The SMILES string of the molecule is C=CCC1(CCO[Si](C)(C)C(C)(C)C)CCCNC1=O. The Bertz CT molecular complexity index is 360. The Morgan fingerprint density at radius 3 is 2.60 bits per heavy atom. The van der Waals surface area contributed by atoms with Crippen molar-refractivity contribution < 1.29 is 9.22 Å². The Morgan fingerprint density at radius 2 is 2.10 bits per heavy atom. The molecular formula is C16H31NO2Si. The van der Waals surface area contributed by atoms with E-state index in [1.54, 1.807) is 0 Å². The Balaban J connectivity index is 2.65. The van der Waals surface area contributed by atoms with Gasteiger partial charge in [0.2, 0.25) is 5.91 Å². The zero-order chi connectivity index (χ0) is 15.4. The van der Waals surface area contributed by atoms with Gasteiger partial charge in [-0.3, -0.25) is 4.79 Å². The van der Waals surface area contributed by atoms with Gasteiger partial charge in [0.1, 0.15) is 0 Å². The van der Waals surface area contributed by atoms with Crippen LogP contribution in [-0.2, 0) is 9.22 Å². The molecule has 0 bridgehead atoms. The highest BCUT2D eigenvalue weighted by Gasteiger charge is 2.41. The summed E-state index contributed by atoms with van der Waals surface area (Å²) in [6, 6.07) is 0. The summed E-state index contributed by atoms with van der Waals surface area (Å²) in [7, 11) is -1.72. The lowest BCUT2D eigenvalue weighted by Gasteiger charge is -2.39. The van der Waals surface area contributed by atoms with E-state index >= 15 is 0 Å². The summed E-state index contributed by atoms with van der Waals surface area (Å²) in [4.78, 5) is 12.3. The quantitative estimate of drug-likeness (QED) is 0.597. The minimum atomic E-state index is -1.72. The summed E-state index contributed by atoms with van der Waals surface area (Å²) in [6.45, 7) is 16.5. The number of hydrogen-bond donors (Lipinski definition) is 1. The average Bonchev–Trinajstić information content (AvgIpc) is 2.31. The van der Waals surface area contributed by atoms with Crippen LogP contribution < -0.4 is 5.32 Å². The Morgan fingerprint density at radius 1 is 1.45 bits per heavy atom. The molecule has 1 fully saturated rings. The molecule has 3 nitrogen and oxygen atoms in total. The molecule has 116 valence electrons. The number of carbonyl (C=O) groups is 1. The van der Waals surface area contributed by atoms with Gasteiger partial charge in [0.15, 0.2) is 8.32 Å². The van der Waals surface area contributed by atoms with Gasteiger partial charge in [-0.15, -0.1) is 6.58 Å². The van der Waals surface area contributed by atoms with Crippen LogP contribution in [0.25, 0.3) is 0 Å². The van der Waals surface area contributed by atoms with E-state index in [2.05, 4.69) is 45.8 Å². The smallest absolute Gasteiger partial charge is 0.226 e. The van der Waals surface area contributed by atoms with E-state index in [9.17, 15) is 4.79 Å². The van der Waals surface area contributed by atoms with Gasteiger partial charge < -0.3 is 9.74 Å². The van der Waals surface area contributed by atoms with E-state index in [-0.39, 0.29) is 16.4 Å². The molecular weight excluding hydrogens is 266 g/mol. The fourth-order valence-electron chi connectivity index (χ4n) is 2.46. The highest BCUT2D eigenvalue weighted by atomic mass is 28.4. The maximum atomic E-state index is 12.3. The molecule has 1 aliphatic rings. The lowest BCUT2D eigenvalue weighted by molar-refractivity contribution is -0.134. The van der Waals surface area contributed by atoms with Crippen LogP contribution in [0.15, 0.2) is 12.7 Å². The zero-order valence-electron chi connectivity index (χ0n) is 13.8. The largest absolute Gasteiger partial charge is 0.417 e. The van der Waals surface area contributed by atoms with Crippen LogP contribution in [0.5, 0.6) is 0 Å². The number of allylic oxidation sites excluding steroid dienone is 1. The first-order chi connectivity index (χ1) is 9.15. The first-order valence-electron chi connectivity index (χ1n) is 7.68. The predicted molar refractivity (Wildman–Crippen MR) is 87.3 cm³/mol. The van der Waals surface area contributed by atoms with Crippen LogP contribution in [0.4, 0.5) is 0 Å². The van der Waals surface area contributed by atoms with Crippen molar-refractivity contribution in [2.24, 2.45) is 5.41 Å². The molecule has 1 rings (SSSR count). The minimum absolute atomic E-state index is 0.183. The van der Waals surface area contributed by atoms with Crippen molar-refractivity contribution in [1.29, 1.82) is 0 Å². The van der Waals surface area contributed by atoms with Gasteiger partial charge in [0, 0.05) is 13.2 Å². The fraction of sp³-hybridized carbons (Fsp3) is 0.812. The number of piperidine rings is 1. The molecule has 4 heteroatoms. The van der Waals surface area contributed by atoms with Gasteiger partial charge in [-0.2, -0.15) is 0 Å². The molecule has 0 aromatic carbocycles. The molecule has 1 saturated heterocycles. The van der Waals surface area contributed by atoms with E-state index in [1.807, 2.05) is 6.08 Å². The summed E-state index contributed by atoms with van der Waals surface area (Å²) in [5, 5.41) is 3.22. The molecule has 1 heterocycles. The Kier molecular flexibility index (Phi) is 5.61. The first kappa shape index (κ1) is 17.4. The fourth-order valence-corrected chi connectivity index (χ4v) is 3.50. The molecule has 0 aromatic heterocycles. The van der Waals surface area contributed by atoms with Gasteiger partial charge in [-0.25, -0.2) is 0 Å². The summed E-state index contributed by atoms with van der Waals surface area (Å²) in [5.74, 6) is 0.183. The standard InChI is InChI=1S/C16H31NO2Si/c1-7-9-16(10-8-12-17-14(16)18)11-13-19-20(5,6)15(2,3)4/h7H,1,8-13H2,2-6H3,(H,17,18). The molecule has 0 saturated carbocycles. The third-order valence-corrected chi connectivity index (χ3v) is 9.52. The van der Waals surface area contributed by atoms with Gasteiger partial charge >= 0.3 is 0 Å². The highest BCUT2D eigenvalue weighted by molar-refractivity contribution is 6.74. The second-order valence-corrected chi connectivity index (χ2v) is 12.3. The average molecular weight is 298 g/mol. The topological polar surface area (TPSA) is 38.3 Å². The van der Waals surface area contributed by atoms with Crippen LogP contribution in [0, 0.1) is 5.41 Å². The molecule has 1 aliphatic heterocycles. The molecule has 1 unspecified atom stereocenters. The molecule has 1 amide bonds. The van der Waals surface area contributed by atoms with Crippen LogP contribution in [-0.4, -0.2) is 27.4 Å². The Hall–Kier alpha value is -0.613. The summed E-state index contributed by atoms with van der Waals surface area (Å²) < 4.78 is 6.24. The second kappa shape index (κ2) is 6.44. The third kappa shape index (κ3) is 3.95. The number of hydrogen-bond acceptors (Lipinski definition) is 2. The summed E-state index contributed by atoms with van der Waals surface area (Å²) in [6.07, 6.45) is 5.43. The van der Waals surface area contributed by atoms with Crippen LogP contribution in [0.2, 0.25) is 18.1 Å². The maximum Gasteiger partial charge on any atom is 0.226 e. The van der Waals surface area contributed by atoms with Crippen molar-refractivity contribution in [3.8, 4) is 0 Å². The van der Waals surface area contributed by atoms with Crippen molar-refractivity contribution in [2.45, 2.75) is 64.6 Å². The van der Waals surface area contributed by atoms with Crippen molar-refractivity contribution in [3.05, 3.63) is 12.7 Å². The van der Waals surface area contributed by atoms with Crippen LogP contribution in [0.1, 0.15) is 46.5 Å². The zero-order valence-corrected chi connectivity index (χ0v) is 14.8. The minimum Gasteiger partial charge on any atom is -0.417 e. The number of carbonyl (C=O) groups excluding carboxylic acids is 1. The van der Waals surface area contributed by atoms with E-state index < -0.39 is 8.32 Å². The van der Waals surface area contributed by atoms with Gasteiger partial charge in [0.05, 0.1) is 5.41 Å². The van der Waals surface area contributed by atoms with Gasteiger partial charge in [-0.05, 0) is 43.8 Å². The highest BCUT2D eigenvalue weighted by Crippen LogP contribution is 2.39. The first-order valence-corrected chi connectivity index (χ1v) is 10.6. The normalized spacial score (nSPS) is 24.4. The van der Waals surface area contributed by atoms with Gasteiger partial charge in [-0.1, -0.05) is 26.8 Å². The van der Waals surface area contributed by atoms with E-state index in [4.69, 9.17) is 4.43 Å². The maximum absolute atomic E-state index is 12.3. The molecule has 0 radical (unpaired) electrons.